The Morgan fingerprint density at radius 3 is 2.50 bits per heavy atom. The largest absolute Gasteiger partial charge is 0.496 e. The van der Waals surface area contributed by atoms with Crippen molar-refractivity contribution in [1.82, 2.24) is 4.90 Å². The quantitative estimate of drug-likeness (QED) is 0.874. The van der Waals surface area contributed by atoms with Crippen LogP contribution in [-0.2, 0) is 6.54 Å². The number of methoxy groups -OCH3 is 1. The zero-order chi connectivity index (χ0) is 15.3. The third kappa shape index (κ3) is 5.38. The Bertz CT molecular complexity index is 433. The van der Waals surface area contributed by atoms with Gasteiger partial charge in [-0.15, -0.1) is 0 Å². The minimum atomic E-state index is -4.15. The molecule has 0 aliphatic rings. The molecule has 0 bridgehead atoms. The molecule has 0 heterocycles. The second-order valence-corrected chi connectivity index (χ2v) is 4.85. The van der Waals surface area contributed by atoms with Crippen LogP contribution in [0.15, 0.2) is 18.2 Å². The van der Waals surface area contributed by atoms with Gasteiger partial charge < -0.3 is 14.7 Å². The van der Waals surface area contributed by atoms with E-state index in [1.165, 1.54) is 7.11 Å². The first-order valence-corrected chi connectivity index (χ1v) is 6.33. The molecule has 0 aliphatic carbocycles. The maximum absolute atomic E-state index is 12.2. The Morgan fingerprint density at radius 2 is 2.00 bits per heavy atom. The van der Waals surface area contributed by atoms with Gasteiger partial charge in [0.05, 0.1) is 19.6 Å². The first-order valence-electron chi connectivity index (χ1n) is 6.33. The monoisotopic (exact) mass is 291 g/mol. The van der Waals surface area contributed by atoms with E-state index in [1.807, 2.05) is 0 Å². The van der Waals surface area contributed by atoms with E-state index < -0.39 is 18.7 Å². The van der Waals surface area contributed by atoms with Gasteiger partial charge in [-0.05, 0) is 31.7 Å². The number of aliphatic hydroxyl groups excluding tert-OH is 1. The lowest BCUT2D eigenvalue weighted by atomic mass is 10.1. The van der Waals surface area contributed by atoms with E-state index >= 15 is 0 Å². The molecule has 0 aromatic heterocycles. The van der Waals surface area contributed by atoms with E-state index in [0.29, 0.717) is 17.9 Å². The van der Waals surface area contributed by atoms with Gasteiger partial charge in [-0.1, -0.05) is 6.07 Å². The van der Waals surface area contributed by atoms with Crippen LogP contribution in [0.3, 0.4) is 0 Å². The molecular formula is C14H20F3NO2. The van der Waals surface area contributed by atoms with Crippen molar-refractivity contribution < 1.29 is 23.0 Å². The van der Waals surface area contributed by atoms with Gasteiger partial charge in [-0.3, -0.25) is 0 Å². The van der Waals surface area contributed by atoms with Crippen LogP contribution in [0.2, 0.25) is 0 Å². The summed E-state index contributed by atoms with van der Waals surface area (Å²) in [6, 6.07) is 5.21. The minimum Gasteiger partial charge on any atom is -0.496 e. The van der Waals surface area contributed by atoms with Gasteiger partial charge in [0.15, 0.2) is 0 Å². The third-order valence-electron chi connectivity index (χ3n) is 3.00. The molecule has 0 spiro atoms. The standard InChI is InChI=1S/C14H20F3NO2/c1-10(19)11-4-5-13(20-3)12(8-11)9-18(2)7-6-14(15,16)17/h4-5,8,10,19H,6-7,9H2,1-3H3. The Kier molecular flexibility index (Phi) is 5.83. The molecule has 0 saturated carbocycles. The molecule has 0 saturated heterocycles. The minimum absolute atomic E-state index is 0.0778. The summed E-state index contributed by atoms with van der Waals surface area (Å²) in [7, 11) is 3.14. The fourth-order valence-electron chi connectivity index (χ4n) is 1.87. The molecule has 1 aromatic rings. The van der Waals surface area contributed by atoms with Crippen molar-refractivity contribution in [1.29, 1.82) is 0 Å². The summed E-state index contributed by atoms with van der Waals surface area (Å²) in [6.45, 7) is 1.89. The molecule has 0 fully saturated rings. The lowest BCUT2D eigenvalue weighted by Gasteiger charge is -2.20. The molecule has 1 atom stereocenters. The average molecular weight is 291 g/mol. The van der Waals surface area contributed by atoms with E-state index in [-0.39, 0.29) is 6.54 Å². The predicted octanol–water partition coefficient (Wildman–Crippen LogP) is 3.13. The summed E-state index contributed by atoms with van der Waals surface area (Å²) in [5.74, 6) is 0.605. The van der Waals surface area contributed by atoms with Gasteiger partial charge in [0.1, 0.15) is 5.75 Å². The van der Waals surface area contributed by atoms with Crippen molar-refractivity contribution in [2.45, 2.75) is 32.2 Å². The predicted molar refractivity (Wildman–Crippen MR) is 70.6 cm³/mol. The van der Waals surface area contributed by atoms with Crippen LogP contribution in [-0.4, -0.2) is 36.9 Å². The average Bonchev–Trinajstić information content (AvgIpc) is 2.35. The van der Waals surface area contributed by atoms with Crippen molar-refractivity contribution in [2.24, 2.45) is 0 Å². The number of nitrogens with zero attached hydrogens (tertiary/aromatic N) is 1. The molecule has 114 valence electrons. The molecule has 20 heavy (non-hydrogen) atoms. The number of alkyl halides is 3. The highest BCUT2D eigenvalue weighted by molar-refractivity contribution is 5.38. The zero-order valence-corrected chi connectivity index (χ0v) is 11.9. The molecule has 1 rings (SSSR count). The van der Waals surface area contributed by atoms with Crippen LogP contribution >= 0.6 is 0 Å². The van der Waals surface area contributed by atoms with Gasteiger partial charge in [0.25, 0.3) is 0 Å². The highest BCUT2D eigenvalue weighted by Crippen LogP contribution is 2.25. The van der Waals surface area contributed by atoms with Crippen LogP contribution in [0.5, 0.6) is 5.75 Å². The van der Waals surface area contributed by atoms with Crippen molar-refractivity contribution in [3.63, 3.8) is 0 Å². The molecule has 1 aromatic carbocycles. The summed E-state index contributed by atoms with van der Waals surface area (Å²) < 4.78 is 41.8. The smallest absolute Gasteiger partial charge is 0.390 e. The Balaban J connectivity index is 2.76. The number of benzene rings is 1. The van der Waals surface area contributed by atoms with Gasteiger partial charge in [0.2, 0.25) is 0 Å². The fraction of sp³-hybridized carbons (Fsp3) is 0.571. The summed E-state index contributed by atoms with van der Waals surface area (Å²) in [6.07, 6.45) is -5.62. The lowest BCUT2D eigenvalue weighted by molar-refractivity contribution is -0.137. The first kappa shape index (κ1) is 16.8. The number of ether oxygens (including phenoxy) is 1. The number of aliphatic hydroxyl groups is 1. The van der Waals surface area contributed by atoms with E-state index in [9.17, 15) is 18.3 Å². The molecule has 1 N–H and O–H groups in total. The van der Waals surface area contributed by atoms with E-state index in [2.05, 4.69) is 0 Å². The highest BCUT2D eigenvalue weighted by Gasteiger charge is 2.27. The van der Waals surface area contributed by atoms with Gasteiger partial charge in [0, 0.05) is 18.7 Å². The van der Waals surface area contributed by atoms with Crippen LogP contribution < -0.4 is 4.74 Å². The summed E-state index contributed by atoms with van der Waals surface area (Å²) >= 11 is 0. The van der Waals surface area contributed by atoms with Gasteiger partial charge in [-0.2, -0.15) is 13.2 Å². The number of rotatable bonds is 6. The maximum Gasteiger partial charge on any atom is 0.390 e. The van der Waals surface area contributed by atoms with Crippen molar-refractivity contribution >= 4 is 0 Å². The summed E-state index contributed by atoms with van der Waals surface area (Å²) in [4.78, 5) is 1.58. The summed E-state index contributed by atoms with van der Waals surface area (Å²) in [5.41, 5.74) is 1.47. The second kappa shape index (κ2) is 6.95. The zero-order valence-electron chi connectivity index (χ0n) is 11.9. The van der Waals surface area contributed by atoms with Gasteiger partial charge in [-0.25, -0.2) is 0 Å². The fourth-order valence-corrected chi connectivity index (χ4v) is 1.87. The topological polar surface area (TPSA) is 32.7 Å². The van der Waals surface area contributed by atoms with Crippen LogP contribution in [0.1, 0.15) is 30.6 Å². The number of hydrogen-bond donors (Lipinski definition) is 1. The Hall–Kier alpha value is -1.27. The van der Waals surface area contributed by atoms with Crippen molar-refractivity contribution in [3.05, 3.63) is 29.3 Å². The molecule has 3 nitrogen and oxygen atoms in total. The van der Waals surface area contributed by atoms with Gasteiger partial charge >= 0.3 is 6.18 Å². The van der Waals surface area contributed by atoms with E-state index in [1.54, 1.807) is 37.1 Å². The van der Waals surface area contributed by atoms with E-state index in [0.717, 1.165) is 5.56 Å². The molecule has 0 radical (unpaired) electrons. The molecule has 1 unspecified atom stereocenters. The Morgan fingerprint density at radius 1 is 1.35 bits per heavy atom. The third-order valence-corrected chi connectivity index (χ3v) is 3.00. The number of halogens is 3. The van der Waals surface area contributed by atoms with Crippen LogP contribution in [0, 0.1) is 0 Å². The maximum atomic E-state index is 12.2. The highest BCUT2D eigenvalue weighted by atomic mass is 19.4. The number of hydrogen-bond acceptors (Lipinski definition) is 3. The van der Waals surface area contributed by atoms with Crippen LogP contribution in [0.25, 0.3) is 0 Å². The SMILES string of the molecule is COc1ccc(C(C)O)cc1CN(C)CCC(F)(F)F. The van der Waals surface area contributed by atoms with Crippen molar-refractivity contribution in [2.75, 3.05) is 20.7 Å². The molecule has 6 heteroatoms. The van der Waals surface area contributed by atoms with Crippen LogP contribution in [0.4, 0.5) is 13.2 Å². The first-order chi connectivity index (χ1) is 9.23. The van der Waals surface area contributed by atoms with Crippen molar-refractivity contribution in [3.8, 4) is 5.75 Å². The lowest BCUT2D eigenvalue weighted by Crippen LogP contribution is -2.24. The second-order valence-electron chi connectivity index (χ2n) is 4.85. The molecule has 0 aliphatic heterocycles. The summed E-state index contributed by atoms with van der Waals surface area (Å²) in [5, 5.41) is 9.55. The molecular weight excluding hydrogens is 271 g/mol. The Labute approximate surface area is 117 Å². The van der Waals surface area contributed by atoms with E-state index in [4.69, 9.17) is 4.74 Å². The molecule has 0 amide bonds. The normalized spacial score (nSPS) is 13.6.